The zero-order chi connectivity index (χ0) is 30.5. The summed E-state index contributed by atoms with van der Waals surface area (Å²) in [6.07, 6.45) is 0.893. The molecule has 0 aromatic heterocycles. The third-order valence-corrected chi connectivity index (χ3v) is 6.61. The van der Waals surface area contributed by atoms with Gasteiger partial charge in [-0.1, -0.05) is 72.3 Å². The van der Waals surface area contributed by atoms with E-state index in [-0.39, 0.29) is 18.4 Å². The van der Waals surface area contributed by atoms with Crippen molar-refractivity contribution in [1.82, 2.24) is 9.80 Å². The molecule has 42 heavy (non-hydrogen) atoms. The SMILES string of the molecule is CC(C)(C)OC(=O)N1CCN(C(=O)CCc2ccccc2Oc2ccccc2CCC(=O)O)CC1.Cc1ccccc1. The Morgan fingerprint density at radius 2 is 1.19 bits per heavy atom. The fourth-order valence-corrected chi connectivity index (χ4v) is 4.38. The molecule has 0 unspecified atom stereocenters. The Morgan fingerprint density at radius 1 is 0.714 bits per heavy atom. The van der Waals surface area contributed by atoms with Crippen LogP contribution in [0.4, 0.5) is 4.79 Å². The number of aryl methyl sites for hydroxylation is 3. The minimum Gasteiger partial charge on any atom is -0.481 e. The second kappa shape index (κ2) is 15.6. The predicted molar refractivity (Wildman–Crippen MR) is 163 cm³/mol. The second-order valence-electron chi connectivity index (χ2n) is 11.2. The molecule has 0 spiro atoms. The second-order valence-corrected chi connectivity index (χ2v) is 11.2. The van der Waals surface area contributed by atoms with Gasteiger partial charge >= 0.3 is 12.1 Å². The molecule has 0 bridgehead atoms. The monoisotopic (exact) mass is 574 g/mol. The molecule has 4 rings (SSSR count). The normalized spacial score (nSPS) is 13.0. The number of para-hydroxylation sites is 2. The standard InChI is InChI=1S/C27H34N2O6.C7H8/c1-27(2,3)35-26(33)29-18-16-28(17-19-29)24(30)14-12-20-8-4-6-10-22(20)34-23-11-7-5-9-21(23)13-15-25(31)32;1-7-5-3-2-4-6-7/h4-11H,12-19H2,1-3H3,(H,31,32);2-6H,1H3. The lowest BCUT2D eigenvalue weighted by molar-refractivity contribution is -0.137. The molecule has 1 aliphatic rings. The smallest absolute Gasteiger partial charge is 0.410 e. The first-order valence-electron chi connectivity index (χ1n) is 14.3. The van der Waals surface area contributed by atoms with Gasteiger partial charge in [0.2, 0.25) is 5.91 Å². The molecule has 3 aromatic carbocycles. The van der Waals surface area contributed by atoms with Gasteiger partial charge in [-0.15, -0.1) is 0 Å². The lowest BCUT2D eigenvalue weighted by Gasteiger charge is -2.35. The number of amides is 2. The summed E-state index contributed by atoms with van der Waals surface area (Å²) in [6.45, 7) is 9.45. The third-order valence-electron chi connectivity index (χ3n) is 6.61. The summed E-state index contributed by atoms with van der Waals surface area (Å²) in [5, 5.41) is 9.01. The van der Waals surface area contributed by atoms with Gasteiger partial charge in [0, 0.05) is 39.0 Å². The Balaban J connectivity index is 0.000000603. The number of aliphatic carboxylic acids is 1. The molecule has 8 heteroatoms. The number of rotatable bonds is 8. The average molecular weight is 575 g/mol. The molecule has 1 N–H and O–H groups in total. The van der Waals surface area contributed by atoms with E-state index in [0.717, 1.165) is 11.1 Å². The highest BCUT2D eigenvalue weighted by Crippen LogP contribution is 2.29. The van der Waals surface area contributed by atoms with Crippen LogP contribution in [0.25, 0.3) is 0 Å². The number of nitrogens with zero attached hydrogens (tertiary/aromatic N) is 2. The Bertz CT molecular complexity index is 1310. The van der Waals surface area contributed by atoms with Gasteiger partial charge in [-0.2, -0.15) is 0 Å². The molecule has 3 aromatic rings. The van der Waals surface area contributed by atoms with Crippen LogP contribution in [0.1, 0.15) is 50.3 Å². The molecule has 1 aliphatic heterocycles. The third kappa shape index (κ3) is 10.9. The first-order valence-corrected chi connectivity index (χ1v) is 14.3. The zero-order valence-corrected chi connectivity index (χ0v) is 25.0. The van der Waals surface area contributed by atoms with Gasteiger partial charge in [0.25, 0.3) is 0 Å². The van der Waals surface area contributed by atoms with E-state index >= 15 is 0 Å². The molecule has 0 aliphatic carbocycles. The van der Waals surface area contributed by atoms with Crippen molar-refractivity contribution in [2.24, 2.45) is 0 Å². The topological polar surface area (TPSA) is 96.4 Å². The maximum atomic E-state index is 12.8. The van der Waals surface area contributed by atoms with Crippen molar-refractivity contribution in [3.05, 3.63) is 95.6 Å². The molecule has 0 radical (unpaired) electrons. The maximum Gasteiger partial charge on any atom is 0.410 e. The first kappa shape index (κ1) is 32.2. The van der Waals surface area contributed by atoms with Crippen molar-refractivity contribution in [2.45, 2.75) is 59.0 Å². The zero-order valence-electron chi connectivity index (χ0n) is 25.0. The van der Waals surface area contributed by atoms with Crippen LogP contribution in [-0.4, -0.2) is 64.7 Å². The lowest BCUT2D eigenvalue weighted by atomic mass is 10.1. The van der Waals surface area contributed by atoms with Crippen LogP contribution in [0.5, 0.6) is 11.5 Å². The van der Waals surface area contributed by atoms with Crippen molar-refractivity contribution in [3.8, 4) is 11.5 Å². The molecular formula is C34H42N2O6. The molecule has 224 valence electrons. The van der Waals surface area contributed by atoms with E-state index in [0.29, 0.717) is 56.9 Å². The van der Waals surface area contributed by atoms with Crippen LogP contribution in [0.2, 0.25) is 0 Å². The van der Waals surface area contributed by atoms with Gasteiger partial charge in [0.15, 0.2) is 0 Å². The molecular weight excluding hydrogens is 532 g/mol. The van der Waals surface area contributed by atoms with Gasteiger partial charge in [0.05, 0.1) is 0 Å². The van der Waals surface area contributed by atoms with Crippen molar-refractivity contribution in [3.63, 3.8) is 0 Å². The highest BCUT2D eigenvalue weighted by molar-refractivity contribution is 5.77. The van der Waals surface area contributed by atoms with Gasteiger partial charge < -0.3 is 24.4 Å². The summed E-state index contributed by atoms with van der Waals surface area (Å²) in [7, 11) is 0. The number of carboxylic acids is 1. The minimum absolute atomic E-state index is 0.0255. The molecule has 2 amide bonds. The van der Waals surface area contributed by atoms with Crippen LogP contribution in [-0.2, 0) is 27.2 Å². The Kier molecular flexibility index (Phi) is 12.0. The molecule has 1 heterocycles. The highest BCUT2D eigenvalue weighted by atomic mass is 16.6. The summed E-state index contributed by atoms with van der Waals surface area (Å²) in [6, 6.07) is 25.2. The van der Waals surface area contributed by atoms with Gasteiger partial charge in [-0.3, -0.25) is 9.59 Å². The largest absolute Gasteiger partial charge is 0.481 e. The van der Waals surface area contributed by atoms with Gasteiger partial charge in [-0.25, -0.2) is 4.79 Å². The van der Waals surface area contributed by atoms with Crippen LogP contribution in [0, 0.1) is 6.92 Å². The molecule has 8 nitrogen and oxygen atoms in total. The number of hydrogen-bond donors (Lipinski definition) is 1. The molecule has 1 fully saturated rings. The quantitative estimate of drug-likeness (QED) is 0.330. The van der Waals surface area contributed by atoms with Gasteiger partial charge in [0.1, 0.15) is 17.1 Å². The molecule has 0 saturated carbocycles. The van der Waals surface area contributed by atoms with Crippen LogP contribution < -0.4 is 4.74 Å². The van der Waals surface area contributed by atoms with Gasteiger partial charge in [-0.05, 0) is 63.8 Å². The van der Waals surface area contributed by atoms with E-state index in [4.69, 9.17) is 14.6 Å². The van der Waals surface area contributed by atoms with Crippen LogP contribution in [0.15, 0.2) is 78.9 Å². The fraction of sp³-hybridized carbons (Fsp3) is 0.382. The Labute approximate surface area is 248 Å². The summed E-state index contributed by atoms with van der Waals surface area (Å²) in [5.41, 5.74) is 2.50. The van der Waals surface area contributed by atoms with E-state index < -0.39 is 11.6 Å². The minimum atomic E-state index is -0.856. The van der Waals surface area contributed by atoms with E-state index in [9.17, 15) is 14.4 Å². The Hall–Kier alpha value is -4.33. The maximum absolute atomic E-state index is 12.8. The number of carbonyl (C=O) groups excluding carboxylic acids is 2. The number of ether oxygens (including phenoxy) is 2. The average Bonchev–Trinajstić information content (AvgIpc) is 2.96. The van der Waals surface area contributed by atoms with Crippen molar-refractivity contribution < 1.29 is 29.0 Å². The lowest BCUT2D eigenvalue weighted by Crippen LogP contribution is -2.51. The number of piperazine rings is 1. The number of hydrogen-bond acceptors (Lipinski definition) is 5. The van der Waals surface area contributed by atoms with E-state index in [1.54, 1.807) is 9.80 Å². The van der Waals surface area contributed by atoms with Crippen molar-refractivity contribution in [2.75, 3.05) is 26.2 Å². The molecule has 0 atom stereocenters. The summed E-state index contributed by atoms with van der Waals surface area (Å²) >= 11 is 0. The van der Waals surface area contributed by atoms with E-state index in [1.807, 2.05) is 87.5 Å². The predicted octanol–water partition coefficient (Wildman–Crippen LogP) is 6.50. The fourth-order valence-electron chi connectivity index (χ4n) is 4.38. The van der Waals surface area contributed by atoms with Crippen LogP contribution in [0.3, 0.4) is 0 Å². The van der Waals surface area contributed by atoms with E-state index in [1.165, 1.54) is 5.56 Å². The highest BCUT2D eigenvalue weighted by Gasteiger charge is 2.27. The summed E-state index contributed by atoms with van der Waals surface area (Å²) < 4.78 is 11.6. The van der Waals surface area contributed by atoms with E-state index in [2.05, 4.69) is 19.1 Å². The summed E-state index contributed by atoms with van der Waals surface area (Å²) in [5.74, 6) is 0.444. The number of carboxylic acid groups (broad SMARTS) is 1. The first-order chi connectivity index (χ1) is 20.0. The Morgan fingerprint density at radius 3 is 1.67 bits per heavy atom. The van der Waals surface area contributed by atoms with Crippen LogP contribution >= 0.6 is 0 Å². The van der Waals surface area contributed by atoms with Crippen molar-refractivity contribution in [1.29, 1.82) is 0 Å². The molecule has 1 saturated heterocycles. The number of benzene rings is 3. The van der Waals surface area contributed by atoms with Crippen molar-refractivity contribution >= 4 is 18.0 Å². The number of carbonyl (C=O) groups is 3. The summed E-state index contributed by atoms with van der Waals surface area (Å²) in [4.78, 5) is 39.5.